The van der Waals surface area contributed by atoms with Crippen LogP contribution in [0.15, 0.2) is 41.0 Å². The molecule has 0 amide bonds. The predicted octanol–water partition coefficient (Wildman–Crippen LogP) is 4.81. The fourth-order valence-electron chi connectivity index (χ4n) is 1.68. The van der Waals surface area contributed by atoms with Crippen LogP contribution in [0.3, 0.4) is 0 Å². The average Bonchev–Trinajstić information content (AvgIpc) is 2.35. The molecule has 1 atom stereocenters. The maximum atomic E-state index is 13.9. The van der Waals surface area contributed by atoms with Crippen molar-refractivity contribution in [2.24, 2.45) is 0 Å². The normalized spacial score (nSPS) is 12.4. The first kappa shape index (κ1) is 13.5. The molecule has 2 rings (SSSR count). The highest BCUT2D eigenvalue weighted by Gasteiger charge is 2.15. The quantitative estimate of drug-likeness (QED) is 0.737. The molecule has 18 heavy (non-hydrogen) atoms. The van der Waals surface area contributed by atoms with Gasteiger partial charge >= 0.3 is 0 Å². The Morgan fingerprint density at radius 2 is 2.11 bits per heavy atom. The lowest BCUT2D eigenvalue weighted by molar-refractivity contribution is 0.598. The van der Waals surface area contributed by atoms with Gasteiger partial charge in [0.15, 0.2) is 0 Å². The summed E-state index contributed by atoms with van der Waals surface area (Å²) < 4.78 is 14.3. The zero-order valence-corrected chi connectivity index (χ0v) is 12.2. The molecule has 0 bridgehead atoms. The van der Waals surface area contributed by atoms with Crippen LogP contribution in [0.1, 0.15) is 22.2 Å². The van der Waals surface area contributed by atoms with Gasteiger partial charge in [0.25, 0.3) is 0 Å². The van der Waals surface area contributed by atoms with Gasteiger partial charge in [-0.15, -0.1) is 11.6 Å². The minimum absolute atomic E-state index is 0.301. The lowest BCUT2D eigenvalue weighted by atomic mass is 10.1. The fourth-order valence-corrected chi connectivity index (χ4v) is 2.38. The molecule has 4 heteroatoms. The molecule has 0 N–H and O–H groups in total. The number of alkyl halides is 1. The van der Waals surface area contributed by atoms with Crippen molar-refractivity contribution >= 4 is 27.5 Å². The van der Waals surface area contributed by atoms with Gasteiger partial charge < -0.3 is 0 Å². The van der Waals surface area contributed by atoms with E-state index in [0.29, 0.717) is 16.5 Å². The van der Waals surface area contributed by atoms with E-state index in [1.807, 2.05) is 19.1 Å². The second-order valence-corrected chi connectivity index (χ2v) is 5.52. The molecule has 0 aliphatic carbocycles. The van der Waals surface area contributed by atoms with Crippen LogP contribution in [0.25, 0.3) is 0 Å². The van der Waals surface area contributed by atoms with Gasteiger partial charge in [0, 0.05) is 23.9 Å². The minimum Gasteiger partial charge on any atom is -0.261 e. The Morgan fingerprint density at radius 1 is 1.33 bits per heavy atom. The summed E-state index contributed by atoms with van der Waals surface area (Å²) in [7, 11) is 0. The first-order valence-corrected chi connectivity index (χ1v) is 6.80. The summed E-state index contributed by atoms with van der Waals surface area (Å²) in [6.07, 6.45) is 2.30. The van der Waals surface area contributed by atoms with E-state index in [9.17, 15) is 4.39 Å². The Kier molecular flexibility index (Phi) is 4.36. The van der Waals surface area contributed by atoms with Gasteiger partial charge in [-0.3, -0.25) is 4.98 Å². The molecule has 1 aromatic heterocycles. The van der Waals surface area contributed by atoms with Crippen molar-refractivity contribution in [3.63, 3.8) is 0 Å². The molecule has 94 valence electrons. The number of aromatic nitrogens is 1. The van der Waals surface area contributed by atoms with E-state index in [1.165, 1.54) is 0 Å². The fraction of sp³-hybridized carbons (Fsp3) is 0.214. The SMILES string of the molecule is Cc1ccc(CC(Cl)c2cccc(Br)c2F)nc1. The maximum absolute atomic E-state index is 13.9. The molecule has 1 heterocycles. The number of benzene rings is 1. The highest BCUT2D eigenvalue weighted by atomic mass is 79.9. The minimum atomic E-state index is -0.419. The van der Waals surface area contributed by atoms with Crippen molar-refractivity contribution in [3.05, 3.63) is 63.6 Å². The van der Waals surface area contributed by atoms with Crippen LogP contribution < -0.4 is 0 Å². The number of nitrogens with zero attached hydrogens (tertiary/aromatic N) is 1. The van der Waals surface area contributed by atoms with Crippen molar-refractivity contribution < 1.29 is 4.39 Å². The lowest BCUT2D eigenvalue weighted by Gasteiger charge is -2.11. The Balaban J connectivity index is 2.19. The van der Waals surface area contributed by atoms with Gasteiger partial charge in [-0.25, -0.2) is 4.39 Å². The van der Waals surface area contributed by atoms with Crippen molar-refractivity contribution in [1.29, 1.82) is 0 Å². The summed E-state index contributed by atoms with van der Waals surface area (Å²) in [6.45, 7) is 1.98. The molecule has 0 aliphatic heterocycles. The van der Waals surface area contributed by atoms with E-state index in [-0.39, 0.29) is 5.82 Å². The Bertz CT molecular complexity index is 542. The molecule has 1 aromatic carbocycles. The second kappa shape index (κ2) is 5.81. The summed E-state index contributed by atoms with van der Waals surface area (Å²) in [5, 5.41) is -0.419. The molecule has 0 aliphatic rings. The standard InChI is InChI=1S/C14H12BrClFN/c1-9-5-6-10(18-8-9)7-13(16)11-3-2-4-12(15)14(11)17/h2-6,8,13H,7H2,1H3. The first-order chi connectivity index (χ1) is 8.58. The van der Waals surface area contributed by atoms with Gasteiger partial charge in [0.2, 0.25) is 0 Å². The van der Waals surface area contributed by atoms with Crippen LogP contribution in [-0.4, -0.2) is 4.98 Å². The zero-order valence-electron chi connectivity index (χ0n) is 9.83. The first-order valence-electron chi connectivity index (χ1n) is 5.57. The molecule has 0 spiro atoms. The van der Waals surface area contributed by atoms with Crippen molar-refractivity contribution in [2.45, 2.75) is 18.7 Å². The summed E-state index contributed by atoms with van der Waals surface area (Å²) in [6, 6.07) is 9.03. The van der Waals surface area contributed by atoms with Crippen LogP contribution in [0.5, 0.6) is 0 Å². The molecule has 1 nitrogen and oxygen atoms in total. The van der Waals surface area contributed by atoms with E-state index in [0.717, 1.165) is 11.3 Å². The predicted molar refractivity (Wildman–Crippen MR) is 75.4 cm³/mol. The van der Waals surface area contributed by atoms with Crippen molar-refractivity contribution in [3.8, 4) is 0 Å². The van der Waals surface area contributed by atoms with Gasteiger partial charge in [0.05, 0.1) is 9.85 Å². The Labute approximate surface area is 119 Å². The molecule has 0 saturated heterocycles. The van der Waals surface area contributed by atoms with Crippen LogP contribution in [-0.2, 0) is 6.42 Å². The molecular formula is C14H12BrClFN. The number of aryl methyl sites for hydroxylation is 1. The largest absolute Gasteiger partial charge is 0.261 e. The zero-order chi connectivity index (χ0) is 13.1. The molecule has 1 unspecified atom stereocenters. The third kappa shape index (κ3) is 3.09. The van der Waals surface area contributed by atoms with Gasteiger partial charge in [0.1, 0.15) is 5.82 Å². The van der Waals surface area contributed by atoms with Crippen LogP contribution in [0, 0.1) is 12.7 Å². The number of hydrogen-bond donors (Lipinski definition) is 0. The molecule has 2 aromatic rings. The van der Waals surface area contributed by atoms with E-state index in [1.54, 1.807) is 24.4 Å². The highest BCUT2D eigenvalue weighted by molar-refractivity contribution is 9.10. The third-order valence-corrected chi connectivity index (χ3v) is 3.68. The molecule has 0 saturated carbocycles. The van der Waals surface area contributed by atoms with Gasteiger partial charge in [-0.1, -0.05) is 18.2 Å². The number of hydrogen-bond acceptors (Lipinski definition) is 1. The summed E-state index contributed by atoms with van der Waals surface area (Å²) in [4.78, 5) is 4.28. The average molecular weight is 329 g/mol. The monoisotopic (exact) mass is 327 g/mol. The molecule has 0 fully saturated rings. The van der Waals surface area contributed by atoms with E-state index in [2.05, 4.69) is 20.9 Å². The van der Waals surface area contributed by atoms with Gasteiger partial charge in [-0.2, -0.15) is 0 Å². The van der Waals surface area contributed by atoms with Crippen molar-refractivity contribution in [2.75, 3.05) is 0 Å². The second-order valence-electron chi connectivity index (χ2n) is 4.14. The third-order valence-electron chi connectivity index (χ3n) is 2.68. The number of rotatable bonds is 3. The van der Waals surface area contributed by atoms with Crippen LogP contribution in [0.2, 0.25) is 0 Å². The molecule has 0 radical (unpaired) electrons. The molecular weight excluding hydrogens is 317 g/mol. The van der Waals surface area contributed by atoms with Crippen LogP contribution >= 0.6 is 27.5 Å². The van der Waals surface area contributed by atoms with E-state index in [4.69, 9.17) is 11.6 Å². The van der Waals surface area contributed by atoms with Gasteiger partial charge in [-0.05, 0) is 40.5 Å². The summed E-state index contributed by atoms with van der Waals surface area (Å²) in [5.74, 6) is -0.301. The number of halogens is 3. The Morgan fingerprint density at radius 3 is 2.78 bits per heavy atom. The summed E-state index contributed by atoms with van der Waals surface area (Å²) >= 11 is 9.42. The maximum Gasteiger partial charge on any atom is 0.142 e. The smallest absolute Gasteiger partial charge is 0.142 e. The Hall–Kier alpha value is -0.930. The summed E-state index contributed by atoms with van der Waals surface area (Å²) in [5.41, 5.74) is 2.45. The number of pyridine rings is 1. The van der Waals surface area contributed by atoms with E-state index >= 15 is 0 Å². The highest BCUT2D eigenvalue weighted by Crippen LogP contribution is 2.30. The van der Waals surface area contributed by atoms with Crippen molar-refractivity contribution in [1.82, 2.24) is 4.98 Å². The lowest BCUT2D eigenvalue weighted by Crippen LogP contribution is -2.01. The topological polar surface area (TPSA) is 12.9 Å². The van der Waals surface area contributed by atoms with Crippen LogP contribution in [0.4, 0.5) is 4.39 Å². The van der Waals surface area contributed by atoms with E-state index < -0.39 is 5.38 Å².